The van der Waals surface area contributed by atoms with Crippen molar-refractivity contribution in [2.75, 3.05) is 25.5 Å². The van der Waals surface area contributed by atoms with Crippen LogP contribution < -0.4 is 14.8 Å². The monoisotopic (exact) mass is 420 g/mol. The molecule has 0 spiro atoms. The van der Waals surface area contributed by atoms with Gasteiger partial charge in [0, 0.05) is 12.7 Å². The van der Waals surface area contributed by atoms with Crippen LogP contribution in [0.1, 0.15) is 40.5 Å². The first-order chi connectivity index (χ1) is 13.8. The fourth-order valence-electron chi connectivity index (χ4n) is 2.45. The van der Waals surface area contributed by atoms with E-state index in [2.05, 4.69) is 10.0 Å². The number of methoxy groups -OCH3 is 1. The molecule has 0 saturated heterocycles. The van der Waals surface area contributed by atoms with Crippen LogP contribution in [0.3, 0.4) is 0 Å². The smallest absolute Gasteiger partial charge is 0.338 e. The van der Waals surface area contributed by atoms with E-state index >= 15 is 0 Å². The summed E-state index contributed by atoms with van der Waals surface area (Å²) in [6, 6.07) is 9.89. The Labute approximate surface area is 170 Å². The molecule has 29 heavy (non-hydrogen) atoms. The van der Waals surface area contributed by atoms with Crippen LogP contribution >= 0.6 is 0 Å². The second-order valence-corrected chi connectivity index (χ2v) is 7.80. The topological polar surface area (TPSA) is 111 Å². The highest BCUT2D eigenvalue weighted by molar-refractivity contribution is 7.92. The molecule has 0 aliphatic heterocycles. The summed E-state index contributed by atoms with van der Waals surface area (Å²) in [6.07, 6.45) is 1.70. The molecule has 9 heteroatoms. The Bertz CT molecular complexity index is 971. The van der Waals surface area contributed by atoms with E-state index in [-0.39, 0.29) is 21.9 Å². The number of rotatable bonds is 9. The van der Waals surface area contributed by atoms with E-state index in [1.54, 1.807) is 0 Å². The maximum Gasteiger partial charge on any atom is 0.338 e. The van der Waals surface area contributed by atoms with Crippen LogP contribution in [0.5, 0.6) is 5.75 Å². The quantitative estimate of drug-likeness (QED) is 0.477. The van der Waals surface area contributed by atoms with Gasteiger partial charge in [0.05, 0.1) is 29.7 Å². The van der Waals surface area contributed by atoms with Gasteiger partial charge in [-0.05, 0) is 48.9 Å². The third-order valence-corrected chi connectivity index (χ3v) is 5.44. The molecule has 0 unspecified atom stereocenters. The van der Waals surface area contributed by atoms with Gasteiger partial charge in [0.2, 0.25) is 0 Å². The second-order valence-electron chi connectivity index (χ2n) is 6.11. The van der Waals surface area contributed by atoms with Gasteiger partial charge < -0.3 is 14.8 Å². The fraction of sp³-hybridized carbons (Fsp3) is 0.300. The highest BCUT2D eigenvalue weighted by atomic mass is 32.2. The molecule has 0 heterocycles. The summed E-state index contributed by atoms with van der Waals surface area (Å²) in [5, 5.41) is 2.44. The lowest BCUT2D eigenvalue weighted by Gasteiger charge is -2.12. The molecule has 0 aliphatic carbocycles. The number of hydrogen-bond donors (Lipinski definition) is 2. The van der Waals surface area contributed by atoms with Gasteiger partial charge in [0.25, 0.3) is 15.9 Å². The Morgan fingerprint density at radius 1 is 1.07 bits per heavy atom. The average molecular weight is 420 g/mol. The van der Waals surface area contributed by atoms with Crippen LogP contribution in [0.4, 0.5) is 5.69 Å². The number of benzene rings is 2. The summed E-state index contributed by atoms with van der Waals surface area (Å²) in [5.41, 5.74) is 0.700. The lowest BCUT2D eigenvalue weighted by Crippen LogP contribution is -2.20. The first-order valence-electron chi connectivity index (χ1n) is 9.02. The molecule has 2 aromatic carbocycles. The minimum atomic E-state index is -3.95. The number of anilines is 1. The van der Waals surface area contributed by atoms with E-state index in [0.717, 1.165) is 12.8 Å². The Morgan fingerprint density at radius 3 is 2.34 bits per heavy atom. The van der Waals surface area contributed by atoms with Crippen LogP contribution in [-0.4, -0.2) is 41.1 Å². The van der Waals surface area contributed by atoms with Gasteiger partial charge in [0.15, 0.2) is 0 Å². The van der Waals surface area contributed by atoms with Crippen molar-refractivity contribution < 1.29 is 27.5 Å². The highest BCUT2D eigenvalue weighted by Gasteiger charge is 2.20. The van der Waals surface area contributed by atoms with Crippen molar-refractivity contribution in [2.45, 2.75) is 24.7 Å². The standard InChI is InChI=1S/C20H24N2O6S/c1-4-5-12-28-20(24)14-6-8-15(9-7-14)22-29(25,26)16-10-11-18(27-3)17(13-16)19(23)21-2/h6-11,13,22H,4-5,12H2,1-3H3,(H,21,23). The first kappa shape index (κ1) is 22.2. The Balaban J connectivity index is 2.19. The average Bonchev–Trinajstić information content (AvgIpc) is 2.73. The van der Waals surface area contributed by atoms with Gasteiger partial charge >= 0.3 is 5.97 Å². The largest absolute Gasteiger partial charge is 0.496 e. The summed E-state index contributed by atoms with van der Waals surface area (Å²) >= 11 is 0. The van der Waals surface area contributed by atoms with Crippen molar-refractivity contribution in [1.29, 1.82) is 0 Å². The van der Waals surface area contributed by atoms with Gasteiger partial charge in [-0.1, -0.05) is 13.3 Å². The molecule has 2 aromatic rings. The fourth-order valence-corrected chi connectivity index (χ4v) is 3.53. The molecular formula is C20H24N2O6S. The lowest BCUT2D eigenvalue weighted by molar-refractivity contribution is 0.0499. The first-order valence-corrected chi connectivity index (χ1v) is 10.5. The molecule has 2 N–H and O–H groups in total. The van der Waals surface area contributed by atoms with E-state index in [1.165, 1.54) is 56.6 Å². The van der Waals surface area contributed by atoms with Crippen LogP contribution in [0.25, 0.3) is 0 Å². The number of amides is 1. The van der Waals surface area contributed by atoms with E-state index in [9.17, 15) is 18.0 Å². The Hall–Kier alpha value is -3.07. The van der Waals surface area contributed by atoms with Crippen LogP contribution in [0.15, 0.2) is 47.4 Å². The molecule has 0 aromatic heterocycles. The number of nitrogens with one attached hydrogen (secondary N) is 2. The third kappa shape index (κ3) is 5.71. The molecule has 8 nitrogen and oxygen atoms in total. The molecule has 0 atom stereocenters. The zero-order chi connectivity index (χ0) is 21.4. The van der Waals surface area contributed by atoms with Crippen molar-refractivity contribution in [3.8, 4) is 5.75 Å². The zero-order valence-electron chi connectivity index (χ0n) is 16.5. The van der Waals surface area contributed by atoms with Gasteiger partial charge in [-0.3, -0.25) is 9.52 Å². The zero-order valence-corrected chi connectivity index (χ0v) is 17.3. The van der Waals surface area contributed by atoms with Gasteiger partial charge in [-0.25, -0.2) is 13.2 Å². The van der Waals surface area contributed by atoms with Gasteiger partial charge in [-0.2, -0.15) is 0 Å². The molecule has 0 radical (unpaired) electrons. The maximum absolute atomic E-state index is 12.7. The molecule has 0 fully saturated rings. The third-order valence-electron chi connectivity index (χ3n) is 4.06. The minimum absolute atomic E-state index is 0.0973. The number of unbranched alkanes of at least 4 members (excludes halogenated alkanes) is 1. The van der Waals surface area contributed by atoms with Crippen LogP contribution in [-0.2, 0) is 14.8 Å². The van der Waals surface area contributed by atoms with E-state index < -0.39 is 21.9 Å². The van der Waals surface area contributed by atoms with E-state index in [4.69, 9.17) is 9.47 Å². The van der Waals surface area contributed by atoms with Crippen molar-refractivity contribution in [2.24, 2.45) is 0 Å². The molecule has 0 aliphatic rings. The predicted molar refractivity (Wildman–Crippen MR) is 109 cm³/mol. The SMILES string of the molecule is CCCCOC(=O)c1ccc(NS(=O)(=O)c2ccc(OC)c(C(=O)NC)c2)cc1. The minimum Gasteiger partial charge on any atom is -0.496 e. The van der Waals surface area contributed by atoms with Crippen molar-refractivity contribution in [3.63, 3.8) is 0 Å². The van der Waals surface area contributed by atoms with Crippen molar-refractivity contribution in [1.82, 2.24) is 5.32 Å². The van der Waals surface area contributed by atoms with Gasteiger partial charge in [-0.15, -0.1) is 0 Å². The molecule has 0 saturated carbocycles. The Morgan fingerprint density at radius 2 is 1.76 bits per heavy atom. The summed E-state index contributed by atoms with van der Waals surface area (Å²) < 4.78 is 38.0. The number of esters is 1. The number of sulfonamides is 1. The summed E-state index contributed by atoms with van der Waals surface area (Å²) in [7, 11) is -1.12. The summed E-state index contributed by atoms with van der Waals surface area (Å²) in [5.74, 6) is -0.669. The predicted octanol–water partition coefficient (Wildman–Crippen LogP) is 2.81. The molecular weight excluding hydrogens is 396 g/mol. The Kier molecular flexibility index (Phi) is 7.60. The lowest BCUT2D eigenvalue weighted by atomic mass is 10.2. The van der Waals surface area contributed by atoms with Crippen LogP contribution in [0, 0.1) is 0 Å². The maximum atomic E-state index is 12.7. The molecule has 1 amide bonds. The summed E-state index contributed by atoms with van der Waals surface area (Å²) in [6.45, 7) is 2.34. The highest BCUT2D eigenvalue weighted by Crippen LogP contribution is 2.24. The molecule has 0 bridgehead atoms. The normalized spacial score (nSPS) is 10.9. The van der Waals surface area contributed by atoms with E-state index in [1.807, 2.05) is 6.92 Å². The summed E-state index contributed by atoms with van der Waals surface area (Å²) in [4.78, 5) is 23.8. The molecule has 2 rings (SSSR count). The van der Waals surface area contributed by atoms with E-state index in [0.29, 0.717) is 12.2 Å². The van der Waals surface area contributed by atoms with Crippen LogP contribution in [0.2, 0.25) is 0 Å². The second kappa shape index (κ2) is 9.92. The number of carbonyl (C=O) groups is 2. The van der Waals surface area contributed by atoms with Crippen molar-refractivity contribution >= 4 is 27.6 Å². The number of ether oxygens (including phenoxy) is 2. The molecule has 156 valence electrons. The van der Waals surface area contributed by atoms with Gasteiger partial charge in [0.1, 0.15) is 5.75 Å². The number of carbonyl (C=O) groups excluding carboxylic acids is 2. The number of hydrogen-bond acceptors (Lipinski definition) is 6. The van der Waals surface area contributed by atoms with Crippen molar-refractivity contribution in [3.05, 3.63) is 53.6 Å².